The molecular formula is C40H66O10. The zero-order chi connectivity index (χ0) is 36.7. The number of aliphatic hydroxyl groups excluding tert-OH is 4. The van der Waals surface area contributed by atoms with Gasteiger partial charge in [0.05, 0.1) is 13.2 Å². The molecule has 6 atom stereocenters. The van der Waals surface area contributed by atoms with Gasteiger partial charge in [-0.15, -0.1) is 0 Å². The van der Waals surface area contributed by atoms with Gasteiger partial charge in [-0.3, -0.25) is 9.59 Å². The summed E-state index contributed by atoms with van der Waals surface area (Å²) in [7, 11) is 0. The standard InChI is InChI=1S/C40H66O10/c1-3-5-7-9-11-12-13-14-15-16-17-18-19-20-21-22-23-25-27-29-36(43)49-33(31-47-35(42)28-26-24-10-8-6-4-2)32-48-40-39(46)38(45)37(44)34(30-41)50-40/h5,7,11-12,14-15,17-18,20-21,33-34,37-41,44-46H,3-4,6,8-10,13,16,19,22-32H2,1-2H3/b7-5-,12-11-,15-14-,18-17-,21-20-. The van der Waals surface area contributed by atoms with E-state index in [-0.39, 0.29) is 26.1 Å². The van der Waals surface area contributed by atoms with E-state index in [4.69, 9.17) is 18.9 Å². The van der Waals surface area contributed by atoms with Crippen LogP contribution < -0.4 is 0 Å². The van der Waals surface area contributed by atoms with Crippen LogP contribution in [0.2, 0.25) is 0 Å². The van der Waals surface area contributed by atoms with Crippen molar-refractivity contribution in [3.05, 3.63) is 60.8 Å². The summed E-state index contributed by atoms with van der Waals surface area (Å²) >= 11 is 0. The summed E-state index contributed by atoms with van der Waals surface area (Å²) < 4.78 is 21.9. The summed E-state index contributed by atoms with van der Waals surface area (Å²) in [6.45, 7) is 3.17. The van der Waals surface area contributed by atoms with Crippen LogP contribution in [0.3, 0.4) is 0 Å². The molecular weight excluding hydrogens is 640 g/mol. The topological polar surface area (TPSA) is 152 Å². The van der Waals surface area contributed by atoms with E-state index in [2.05, 4.69) is 74.6 Å². The van der Waals surface area contributed by atoms with Crippen molar-refractivity contribution < 1.29 is 49.0 Å². The van der Waals surface area contributed by atoms with Crippen molar-refractivity contribution >= 4 is 11.9 Å². The van der Waals surface area contributed by atoms with E-state index in [9.17, 15) is 30.0 Å². The second-order valence-corrected chi connectivity index (χ2v) is 12.7. The second-order valence-electron chi connectivity index (χ2n) is 12.7. The lowest BCUT2D eigenvalue weighted by atomic mass is 9.99. The fourth-order valence-electron chi connectivity index (χ4n) is 5.15. The Labute approximate surface area is 300 Å². The highest BCUT2D eigenvalue weighted by Gasteiger charge is 2.44. The van der Waals surface area contributed by atoms with Crippen LogP contribution in [0.4, 0.5) is 0 Å². The average molecular weight is 707 g/mol. The smallest absolute Gasteiger partial charge is 0.306 e. The van der Waals surface area contributed by atoms with Gasteiger partial charge in [-0.1, -0.05) is 113 Å². The van der Waals surface area contributed by atoms with Gasteiger partial charge in [-0.2, -0.15) is 0 Å². The Morgan fingerprint density at radius 1 is 0.640 bits per heavy atom. The molecule has 1 heterocycles. The lowest BCUT2D eigenvalue weighted by Crippen LogP contribution is -2.59. The molecule has 50 heavy (non-hydrogen) atoms. The van der Waals surface area contributed by atoms with E-state index in [1.54, 1.807) is 0 Å². The molecule has 1 saturated heterocycles. The third-order valence-electron chi connectivity index (χ3n) is 8.17. The van der Waals surface area contributed by atoms with Crippen LogP contribution in [0.5, 0.6) is 0 Å². The molecule has 286 valence electrons. The maximum Gasteiger partial charge on any atom is 0.306 e. The molecule has 10 nitrogen and oxygen atoms in total. The van der Waals surface area contributed by atoms with Crippen molar-refractivity contribution in [1.29, 1.82) is 0 Å². The summed E-state index contributed by atoms with van der Waals surface area (Å²) in [4.78, 5) is 25.0. The highest BCUT2D eigenvalue weighted by molar-refractivity contribution is 5.70. The lowest BCUT2D eigenvalue weighted by molar-refractivity contribution is -0.305. The predicted octanol–water partition coefficient (Wildman–Crippen LogP) is 6.71. The molecule has 0 aliphatic carbocycles. The molecule has 4 N–H and O–H groups in total. The first-order chi connectivity index (χ1) is 24.3. The van der Waals surface area contributed by atoms with Crippen LogP contribution in [0.25, 0.3) is 0 Å². The third-order valence-corrected chi connectivity index (χ3v) is 8.17. The van der Waals surface area contributed by atoms with E-state index in [0.717, 1.165) is 77.0 Å². The largest absolute Gasteiger partial charge is 0.462 e. The summed E-state index contributed by atoms with van der Waals surface area (Å²) in [5.41, 5.74) is 0. The number of hydrogen-bond acceptors (Lipinski definition) is 10. The highest BCUT2D eigenvalue weighted by atomic mass is 16.7. The van der Waals surface area contributed by atoms with Crippen molar-refractivity contribution in [2.24, 2.45) is 0 Å². The van der Waals surface area contributed by atoms with Crippen LogP contribution in [-0.4, -0.2) is 89.0 Å². The number of rotatable bonds is 29. The van der Waals surface area contributed by atoms with Crippen molar-refractivity contribution in [3.8, 4) is 0 Å². The first-order valence-electron chi connectivity index (χ1n) is 18.9. The fraction of sp³-hybridized carbons (Fsp3) is 0.700. The van der Waals surface area contributed by atoms with Crippen LogP contribution >= 0.6 is 0 Å². The van der Waals surface area contributed by atoms with Crippen LogP contribution in [-0.2, 0) is 28.5 Å². The molecule has 0 aromatic rings. The quantitative estimate of drug-likeness (QED) is 0.0375. The number of carbonyl (C=O) groups is 2. The van der Waals surface area contributed by atoms with Gasteiger partial charge in [-0.25, -0.2) is 0 Å². The maximum absolute atomic E-state index is 12.6. The zero-order valence-corrected chi connectivity index (χ0v) is 30.6. The van der Waals surface area contributed by atoms with Crippen LogP contribution in [0.1, 0.15) is 123 Å². The van der Waals surface area contributed by atoms with Crippen molar-refractivity contribution in [2.45, 2.75) is 160 Å². The molecule has 1 aliphatic rings. The maximum atomic E-state index is 12.6. The Kier molecular flexibility index (Phi) is 28.3. The first kappa shape index (κ1) is 45.4. The molecule has 0 bridgehead atoms. The second kappa shape index (κ2) is 31.2. The van der Waals surface area contributed by atoms with Gasteiger partial charge in [0.25, 0.3) is 0 Å². The monoisotopic (exact) mass is 706 g/mol. The van der Waals surface area contributed by atoms with Crippen LogP contribution in [0.15, 0.2) is 60.8 Å². The fourth-order valence-corrected chi connectivity index (χ4v) is 5.15. The predicted molar refractivity (Wildman–Crippen MR) is 196 cm³/mol. The molecule has 1 aliphatic heterocycles. The number of ether oxygens (including phenoxy) is 4. The minimum absolute atomic E-state index is 0.188. The third kappa shape index (κ3) is 23.0. The zero-order valence-electron chi connectivity index (χ0n) is 30.6. The summed E-state index contributed by atoms with van der Waals surface area (Å²) in [5.74, 6) is -0.862. The molecule has 0 saturated carbocycles. The molecule has 6 unspecified atom stereocenters. The molecule has 0 aromatic carbocycles. The Balaban J connectivity index is 2.39. The number of carbonyl (C=O) groups excluding carboxylic acids is 2. The van der Waals surface area contributed by atoms with Gasteiger partial charge in [0.1, 0.15) is 31.0 Å². The van der Waals surface area contributed by atoms with Gasteiger partial charge in [0, 0.05) is 12.8 Å². The SMILES string of the molecule is CC/C=C\C/C=C\C/C=C\C/C=C\C/C=C\CCCCCC(=O)OC(COC(=O)CCCCCCCC)COC1OC(CO)C(O)C(O)C1O. The van der Waals surface area contributed by atoms with Crippen molar-refractivity contribution in [3.63, 3.8) is 0 Å². The number of esters is 2. The minimum atomic E-state index is -1.60. The summed E-state index contributed by atoms with van der Waals surface area (Å²) in [5, 5.41) is 39.8. The van der Waals surface area contributed by atoms with E-state index < -0.39 is 55.4 Å². The normalized spacial score (nSPS) is 22.1. The lowest BCUT2D eigenvalue weighted by Gasteiger charge is -2.39. The molecule has 1 rings (SSSR count). The van der Waals surface area contributed by atoms with Crippen LogP contribution in [0, 0.1) is 0 Å². The highest BCUT2D eigenvalue weighted by Crippen LogP contribution is 2.22. The molecule has 0 aromatic heterocycles. The van der Waals surface area contributed by atoms with Crippen molar-refractivity contribution in [1.82, 2.24) is 0 Å². The van der Waals surface area contributed by atoms with Gasteiger partial charge >= 0.3 is 11.9 Å². The molecule has 10 heteroatoms. The number of aliphatic hydroxyl groups is 4. The Hall–Kier alpha value is -2.60. The first-order valence-corrected chi connectivity index (χ1v) is 18.9. The molecule has 1 fully saturated rings. The number of hydrogen-bond donors (Lipinski definition) is 4. The summed E-state index contributed by atoms with van der Waals surface area (Å²) in [6.07, 6.45) is 28.4. The Morgan fingerprint density at radius 3 is 1.78 bits per heavy atom. The average Bonchev–Trinajstić information content (AvgIpc) is 3.11. The van der Waals surface area contributed by atoms with Gasteiger partial charge in [-0.05, 0) is 57.8 Å². The van der Waals surface area contributed by atoms with Gasteiger partial charge < -0.3 is 39.4 Å². The number of unbranched alkanes of at least 4 members (excludes halogenated alkanes) is 8. The minimum Gasteiger partial charge on any atom is -0.462 e. The number of allylic oxidation sites excluding steroid dienone is 10. The molecule has 0 radical (unpaired) electrons. The molecule has 0 spiro atoms. The van der Waals surface area contributed by atoms with Gasteiger partial charge in [0.2, 0.25) is 0 Å². The van der Waals surface area contributed by atoms with Crippen molar-refractivity contribution in [2.75, 3.05) is 19.8 Å². The Bertz CT molecular complexity index is 1000. The van der Waals surface area contributed by atoms with E-state index in [1.165, 1.54) is 6.42 Å². The van der Waals surface area contributed by atoms with Gasteiger partial charge in [0.15, 0.2) is 12.4 Å². The summed E-state index contributed by atoms with van der Waals surface area (Å²) in [6, 6.07) is 0. The van der Waals surface area contributed by atoms with E-state index >= 15 is 0 Å². The van der Waals surface area contributed by atoms with E-state index in [0.29, 0.717) is 12.8 Å². The molecule has 0 amide bonds. The van der Waals surface area contributed by atoms with E-state index in [1.807, 2.05) is 0 Å². The Morgan fingerprint density at radius 2 is 1.18 bits per heavy atom.